The molecule has 0 aliphatic carbocycles. The number of aliphatic hydroxyl groups excluding tert-OH is 1. The number of azo groups is 1. The predicted octanol–water partition coefficient (Wildman–Crippen LogP) is 11.0. The molecule has 4 aromatic carbocycles. The Morgan fingerprint density at radius 1 is 0.755 bits per heavy atom. The van der Waals surface area contributed by atoms with Gasteiger partial charge in [0.1, 0.15) is 11.4 Å². The second-order valence-corrected chi connectivity index (χ2v) is 15.0. The van der Waals surface area contributed by atoms with Gasteiger partial charge in [0.2, 0.25) is 0 Å². The van der Waals surface area contributed by atoms with Gasteiger partial charge in [0.15, 0.2) is 5.75 Å². The highest BCUT2D eigenvalue weighted by Gasteiger charge is 2.30. The van der Waals surface area contributed by atoms with E-state index in [1.54, 1.807) is 36.4 Å². The molecule has 49 heavy (non-hydrogen) atoms. The van der Waals surface area contributed by atoms with Crippen molar-refractivity contribution in [3.63, 3.8) is 0 Å². The number of anilines is 1. The van der Waals surface area contributed by atoms with Gasteiger partial charge in [0.25, 0.3) is 10.0 Å². The van der Waals surface area contributed by atoms with E-state index >= 15 is 0 Å². The van der Waals surface area contributed by atoms with Crippen molar-refractivity contribution in [3.8, 4) is 11.5 Å². The zero-order chi connectivity index (χ0) is 35.2. The summed E-state index contributed by atoms with van der Waals surface area (Å²) in [5.74, 6) is 0.578. The van der Waals surface area contributed by atoms with Crippen molar-refractivity contribution in [2.45, 2.75) is 121 Å². The molecule has 264 valence electrons. The van der Waals surface area contributed by atoms with Crippen molar-refractivity contribution in [3.05, 3.63) is 84.9 Å². The molecule has 0 aliphatic heterocycles. The average Bonchev–Trinajstić information content (AvgIpc) is 3.08. The van der Waals surface area contributed by atoms with E-state index in [0.717, 1.165) is 18.2 Å². The summed E-state index contributed by atoms with van der Waals surface area (Å²) in [7, 11) is -3.98. The van der Waals surface area contributed by atoms with Crippen molar-refractivity contribution in [1.29, 1.82) is 0 Å². The molecule has 0 spiro atoms. The maximum Gasteiger partial charge on any atom is 0.264 e. The molecule has 9 heteroatoms. The number of benzene rings is 4. The largest absolute Gasteiger partial charge is 0.505 e. The van der Waals surface area contributed by atoms with Crippen LogP contribution in [0.1, 0.15) is 98.3 Å². The number of para-hydroxylation sites is 1. The molecular weight excluding hydrogens is 635 g/mol. The van der Waals surface area contributed by atoms with Crippen LogP contribution in [0.5, 0.6) is 11.5 Å². The number of hydrogen-bond donors (Lipinski definition) is 2. The summed E-state index contributed by atoms with van der Waals surface area (Å²) in [6, 6.07) is 23.8. The second-order valence-electron chi connectivity index (χ2n) is 13.1. The van der Waals surface area contributed by atoms with E-state index in [0.29, 0.717) is 35.4 Å². The van der Waals surface area contributed by atoms with E-state index in [4.69, 9.17) is 4.74 Å². The number of ether oxygens (including phenoxy) is 1. The van der Waals surface area contributed by atoms with Gasteiger partial charge in [-0.05, 0) is 70.0 Å². The van der Waals surface area contributed by atoms with Crippen LogP contribution in [0.15, 0.2) is 100 Å². The van der Waals surface area contributed by atoms with E-state index in [9.17, 15) is 18.6 Å². The number of nitrogens with zero attached hydrogens (tertiary/aromatic N) is 3. The second kappa shape index (κ2) is 18.7. The van der Waals surface area contributed by atoms with Crippen LogP contribution in [-0.2, 0) is 10.0 Å². The average molecular weight is 688 g/mol. The summed E-state index contributed by atoms with van der Waals surface area (Å²) in [5.41, 5.74) is 1.21. The van der Waals surface area contributed by atoms with Crippen molar-refractivity contribution in [1.82, 2.24) is 0 Å². The van der Waals surface area contributed by atoms with Crippen LogP contribution in [0.3, 0.4) is 0 Å². The van der Waals surface area contributed by atoms with Crippen LogP contribution >= 0.6 is 0 Å². The molecule has 0 aliphatic rings. The number of rotatable bonds is 20. The minimum absolute atomic E-state index is 0.0119. The Hall–Kier alpha value is -3.95. The van der Waals surface area contributed by atoms with Crippen molar-refractivity contribution >= 4 is 37.9 Å². The monoisotopic (exact) mass is 687 g/mol. The van der Waals surface area contributed by atoms with Gasteiger partial charge in [0.05, 0.1) is 28.5 Å². The highest BCUT2D eigenvalue weighted by Crippen LogP contribution is 2.42. The van der Waals surface area contributed by atoms with Crippen molar-refractivity contribution < 1.29 is 23.4 Å². The van der Waals surface area contributed by atoms with Crippen LogP contribution in [0.25, 0.3) is 10.8 Å². The molecule has 2 unspecified atom stereocenters. The van der Waals surface area contributed by atoms with E-state index in [2.05, 4.69) is 17.2 Å². The summed E-state index contributed by atoms with van der Waals surface area (Å²) in [6.07, 6.45) is 11.2. The molecule has 0 fully saturated rings. The quantitative estimate of drug-likeness (QED) is 0.0709. The smallest absolute Gasteiger partial charge is 0.264 e. The maximum atomic E-state index is 14.1. The maximum absolute atomic E-state index is 14.1. The fourth-order valence-electron chi connectivity index (χ4n) is 6.15. The Bertz CT molecular complexity index is 1730. The van der Waals surface area contributed by atoms with Crippen LogP contribution in [0, 0.1) is 0 Å². The van der Waals surface area contributed by atoms with Gasteiger partial charge < -0.3 is 14.9 Å². The number of phenols is 1. The lowest BCUT2D eigenvalue weighted by molar-refractivity contribution is 0.144. The third-order valence-corrected chi connectivity index (χ3v) is 10.6. The van der Waals surface area contributed by atoms with E-state index < -0.39 is 22.2 Å². The summed E-state index contributed by atoms with van der Waals surface area (Å²) in [5, 5.41) is 31.8. The van der Waals surface area contributed by atoms with Gasteiger partial charge in [0, 0.05) is 22.9 Å². The molecule has 2 N–H and O–H groups in total. The van der Waals surface area contributed by atoms with Gasteiger partial charge in [-0.2, -0.15) is 5.11 Å². The molecule has 0 bridgehead atoms. The molecule has 0 saturated heterocycles. The number of hydrogen-bond acceptors (Lipinski definition) is 7. The topological polar surface area (TPSA) is 112 Å². The highest BCUT2D eigenvalue weighted by molar-refractivity contribution is 7.92. The number of aromatic hydroxyl groups is 1. The van der Waals surface area contributed by atoms with Gasteiger partial charge >= 0.3 is 0 Å². The Kier molecular flexibility index (Phi) is 14.5. The Labute approximate surface area is 292 Å². The van der Waals surface area contributed by atoms with Crippen LogP contribution in [-0.4, -0.2) is 36.9 Å². The molecule has 0 aromatic heterocycles. The standard InChI is InChI=1S/C40H53N3O5S/c1-5-6-7-8-9-10-11-12-16-21-34(44)28-31(4)43(33-19-14-13-15-20-33)49(46,47)35-26-24-32(25-27-35)41-42-38-29-39(48-30(2)3)36-22-17-18-23-37(36)40(38)45/h13-15,17-20,22-27,29-31,34,44-45H,5-12,16,21,28H2,1-4H3. The fourth-order valence-corrected chi connectivity index (χ4v) is 7.82. The van der Waals surface area contributed by atoms with Crippen molar-refractivity contribution in [2.24, 2.45) is 10.2 Å². The van der Waals surface area contributed by atoms with Crippen LogP contribution < -0.4 is 9.04 Å². The first kappa shape index (κ1) is 37.9. The van der Waals surface area contributed by atoms with Gasteiger partial charge in [-0.25, -0.2) is 8.42 Å². The first-order chi connectivity index (χ1) is 23.6. The third-order valence-electron chi connectivity index (χ3n) is 8.65. The molecular formula is C40H53N3O5S. The molecule has 2 atom stereocenters. The van der Waals surface area contributed by atoms with Gasteiger partial charge in [-0.1, -0.05) is 107 Å². The fraction of sp³-hybridized carbons (Fsp3) is 0.450. The van der Waals surface area contributed by atoms with Crippen LogP contribution in [0.2, 0.25) is 0 Å². The van der Waals surface area contributed by atoms with E-state index in [1.165, 1.54) is 61.4 Å². The minimum atomic E-state index is -3.98. The summed E-state index contributed by atoms with van der Waals surface area (Å²) >= 11 is 0. The number of fused-ring (bicyclic) bond motifs is 1. The summed E-state index contributed by atoms with van der Waals surface area (Å²) in [4.78, 5) is 0.108. The third kappa shape index (κ3) is 10.8. The van der Waals surface area contributed by atoms with E-state index in [-0.39, 0.29) is 22.4 Å². The Balaban J connectivity index is 1.45. The lowest BCUT2D eigenvalue weighted by Crippen LogP contribution is -2.40. The van der Waals surface area contributed by atoms with Gasteiger partial charge in [-0.15, -0.1) is 5.11 Å². The lowest BCUT2D eigenvalue weighted by Gasteiger charge is -2.32. The molecule has 0 amide bonds. The lowest BCUT2D eigenvalue weighted by atomic mass is 10.0. The highest BCUT2D eigenvalue weighted by atomic mass is 32.2. The van der Waals surface area contributed by atoms with Crippen LogP contribution in [0.4, 0.5) is 17.1 Å². The molecule has 4 aromatic rings. The molecule has 8 nitrogen and oxygen atoms in total. The molecule has 0 radical (unpaired) electrons. The Morgan fingerprint density at radius 2 is 1.35 bits per heavy atom. The zero-order valence-electron chi connectivity index (χ0n) is 29.5. The zero-order valence-corrected chi connectivity index (χ0v) is 30.3. The number of phenolic OH excluding ortho intramolecular Hbond substituents is 1. The first-order valence-electron chi connectivity index (χ1n) is 17.8. The van der Waals surface area contributed by atoms with Gasteiger partial charge in [-0.3, -0.25) is 4.31 Å². The number of aliphatic hydroxyl groups is 1. The van der Waals surface area contributed by atoms with E-state index in [1.807, 2.05) is 57.2 Å². The summed E-state index contributed by atoms with van der Waals surface area (Å²) < 4.78 is 35.6. The number of unbranched alkanes of at least 4 members (excludes halogenated alkanes) is 8. The van der Waals surface area contributed by atoms with Crippen molar-refractivity contribution in [2.75, 3.05) is 4.31 Å². The SMILES string of the molecule is CCCCCCCCCCCC(O)CC(C)N(c1ccccc1)S(=O)(=O)c1ccc(N=Nc2cc(OC(C)C)c3ccccc3c2O)cc1. The molecule has 0 saturated carbocycles. The predicted molar refractivity (Wildman–Crippen MR) is 200 cm³/mol. The molecule has 0 heterocycles. The number of sulfonamides is 1. The minimum Gasteiger partial charge on any atom is -0.505 e. The Morgan fingerprint density at radius 3 is 1.98 bits per heavy atom. The summed E-state index contributed by atoms with van der Waals surface area (Å²) in [6.45, 7) is 7.94. The first-order valence-corrected chi connectivity index (χ1v) is 19.3. The normalized spacial score (nSPS) is 13.3. The molecule has 4 rings (SSSR count).